The highest BCUT2D eigenvalue weighted by Crippen LogP contribution is 2.44. The average Bonchev–Trinajstić information content (AvgIpc) is 3.17. The maximum absolute atomic E-state index is 11.9. The molecule has 1 aromatic rings. The van der Waals surface area contributed by atoms with Crippen LogP contribution in [0.25, 0.3) is 0 Å². The third-order valence-corrected chi connectivity index (χ3v) is 3.44. The summed E-state index contributed by atoms with van der Waals surface area (Å²) in [4.78, 5) is 35.3. The van der Waals surface area contributed by atoms with Gasteiger partial charge in [-0.3, -0.25) is 14.4 Å². The fraction of sp³-hybridized carbons (Fsp3) is 0.214. The van der Waals surface area contributed by atoms with Gasteiger partial charge in [-0.15, -0.1) is 0 Å². The Balaban J connectivity index is 1.82. The van der Waals surface area contributed by atoms with Gasteiger partial charge in [-0.25, -0.2) is 0 Å². The van der Waals surface area contributed by atoms with Crippen molar-refractivity contribution in [1.29, 1.82) is 0 Å². The van der Waals surface area contributed by atoms with Crippen LogP contribution in [0.1, 0.15) is 16.8 Å². The minimum atomic E-state index is -0.593. The van der Waals surface area contributed by atoms with E-state index in [2.05, 4.69) is 5.32 Å². The van der Waals surface area contributed by atoms with Gasteiger partial charge in [-0.05, 0) is 18.6 Å². The molecule has 1 fully saturated rings. The first-order chi connectivity index (χ1) is 9.08. The van der Waals surface area contributed by atoms with Crippen molar-refractivity contribution < 1.29 is 19.5 Å². The molecule has 1 aromatic carbocycles. The van der Waals surface area contributed by atoms with Crippen LogP contribution < -0.4 is 5.32 Å². The van der Waals surface area contributed by atoms with Crippen LogP contribution in [0.2, 0.25) is 0 Å². The molecular weight excluding hydrogens is 246 g/mol. The van der Waals surface area contributed by atoms with Gasteiger partial charge in [0.1, 0.15) is 5.75 Å². The van der Waals surface area contributed by atoms with E-state index in [0.29, 0.717) is 6.42 Å². The molecule has 0 spiro atoms. The van der Waals surface area contributed by atoms with Crippen molar-refractivity contribution in [2.75, 3.05) is 0 Å². The quantitative estimate of drug-likeness (QED) is 0.820. The van der Waals surface area contributed by atoms with Crippen LogP contribution in [0.3, 0.4) is 0 Å². The lowest BCUT2D eigenvalue weighted by molar-refractivity contribution is -0.122. The predicted octanol–water partition coefficient (Wildman–Crippen LogP) is 0.794. The maximum atomic E-state index is 11.9. The number of allylic oxidation sites excluding steroid dienone is 2. The molecule has 96 valence electrons. The Morgan fingerprint density at radius 1 is 1.21 bits per heavy atom. The molecule has 0 aliphatic heterocycles. The number of carbonyl (C=O) groups is 3. The summed E-state index contributed by atoms with van der Waals surface area (Å²) in [7, 11) is 0. The molecule has 2 N–H and O–H groups in total. The minimum Gasteiger partial charge on any atom is -0.507 e. The molecule has 19 heavy (non-hydrogen) atoms. The topological polar surface area (TPSA) is 83.5 Å². The first-order valence-corrected chi connectivity index (χ1v) is 5.97. The van der Waals surface area contributed by atoms with E-state index >= 15 is 0 Å². The van der Waals surface area contributed by atoms with Crippen LogP contribution in [0.5, 0.6) is 5.75 Å². The number of Topliss-reactive ketones (excluding diaryl/α,β-unsaturated/α-hetero) is 1. The SMILES string of the molecule is O=C(NC1=CC(=O)C2CC2C1=O)c1ccccc1O. The van der Waals surface area contributed by atoms with Crippen molar-refractivity contribution in [2.24, 2.45) is 11.8 Å². The summed E-state index contributed by atoms with van der Waals surface area (Å²) in [6, 6.07) is 6.03. The van der Waals surface area contributed by atoms with E-state index in [1.165, 1.54) is 18.2 Å². The van der Waals surface area contributed by atoms with Crippen molar-refractivity contribution in [3.63, 3.8) is 0 Å². The maximum Gasteiger partial charge on any atom is 0.259 e. The van der Waals surface area contributed by atoms with Crippen molar-refractivity contribution >= 4 is 17.5 Å². The third kappa shape index (κ3) is 1.93. The first kappa shape index (κ1) is 11.6. The highest BCUT2D eigenvalue weighted by molar-refractivity contribution is 6.16. The Hall–Kier alpha value is -2.43. The van der Waals surface area contributed by atoms with Crippen molar-refractivity contribution in [3.05, 3.63) is 41.6 Å². The summed E-state index contributed by atoms with van der Waals surface area (Å²) < 4.78 is 0. The monoisotopic (exact) mass is 257 g/mol. The fourth-order valence-electron chi connectivity index (χ4n) is 2.27. The largest absolute Gasteiger partial charge is 0.507 e. The molecule has 1 amide bonds. The summed E-state index contributed by atoms with van der Waals surface area (Å²) >= 11 is 0. The van der Waals surface area contributed by atoms with Crippen LogP contribution in [0, 0.1) is 11.8 Å². The third-order valence-electron chi connectivity index (χ3n) is 3.44. The standard InChI is InChI=1S/C14H11NO4/c16-11-4-2-1-3-7(11)14(19)15-10-6-12(17)8-5-9(8)13(10)18/h1-4,6,8-9,16H,5H2,(H,15,19). The second-order valence-electron chi connectivity index (χ2n) is 4.74. The van der Waals surface area contributed by atoms with E-state index in [-0.39, 0.29) is 40.4 Å². The second kappa shape index (κ2) is 4.05. The molecule has 2 aliphatic carbocycles. The predicted molar refractivity (Wildman–Crippen MR) is 65.3 cm³/mol. The number of hydrogen-bond acceptors (Lipinski definition) is 4. The highest BCUT2D eigenvalue weighted by atomic mass is 16.3. The summed E-state index contributed by atoms with van der Waals surface area (Å²) in [6.07, 6.45) is 1.76. The van der Waals surface area contributed by atoms with Gasteiger partial charge in [-0.2, -0.15) is 0 Å². The number of carbonyl (C=O) groups excluding carboxylic acids is 3. The van der Waals surface area contributed by atoms with Crippen LogP contribution in [-0.4, -0.2) is 22.6 Å². The number of amides is 1. The normalized spacial score (nSPS) is 24.5. The van der Waals surface area contributed by atoms with Gasteiger partial charge in [0.15, 0.2) is 11.6 Å². The number of phenolic OH excluding ortho intramolecular Hbond substituents is 1. The number of fused-ring (bicyclic) bond motifs is 1. The van der Waals surface area contributed by atoms with Gasteiger partial charge in [0.05, 0.1) is 11.3 Å². The Bertz CT molecular complexity index is 632. The Kier molecular flexibility index (Phi) is 2.48. The molecule has 2 unspecified atom stereocenters. The molecule has 0 bridgehead atoms. The summed E-state index contributed by atoms with van der Waals surface area (Å²) in [6.45, 7) is 0. The lowest BCUT2D eigenvalue weighted by atomic mass is 10.0. The first-order valence-electron chi connectivity index (χ1n) is 5.97. The molecule has 0 heterocycles. The van der Waals surface area contributed by atoms with E-state index in [4.69, 9.17) is 0 Å². The smallest absolute Gasteiger partial charge is 0.259 e. The van der Waals surface area contributed by atoms with Crippen LogP contribution in [0.4, 0.5) is 0 Å². The highest BCUT2D eigenvalue weighted by Gasteiger charge is 2.51. The summed E-state index contributed by atoms with van der Waals surface area (Å²) in [5.41, 5.74) is 0.0959. The molecule has 2 atom stereocenters. The van der Waals surface area contributed by atoms with Crippen molar-refractivity contribution in [3.8, 4) is 5.75 Å². The number of nitrogens with one attached hydrogen (secondary N) is 1. The van der Waals surface area contributed by atoms with Gasteiger partial charge >= 0.3 is 0 Å². The fourth-order valence-corrected chi connectivity index (χ4v) is 2.27. The molecular formula is C14H11NO4. The van der Waals surface area contributed by atoms with E-state index in [1.54, 1.807) is 12.1 Å². The molecule has 0 aromatic heterocycles. The Labute approximate surface area is 108 Å². The number of rotatable bonds is 2. The molecule has 0 radical (unpaired) electrons. The average molecular weight is 257 g/mol. The molecule has 3 rings (SSSR count). The molecule has 5 heteroatoms. The second-order valence-corrected chi connectivity index (χ2v) is 4.74. The Morgan fingerprint density at radius 3 is 2.68 bits per heavy atom. The lowest BCUT2D eigenvalue weighted by Gasteiger charge is -2.12. The molecule has 0 saturated heterocycles. The van der Waals surface area contributed by atoms with Gasteiger partial charge < -0.3 is 10.4 Å². The number of ketones is 2. The lowest BCUT2D eigenvalue weighted by Crippen LogP contribution is -2.31. The van der Waals surface area contributed by atoms with Gasteiger partial charge in [0, 0.05) is 17.9 Å². The van der Waals surface area contributed by atoms with Crippen molar-refractivity contribution in [2.45, 2.75) is 6.42 Å². The van der Waals surface area contributed by atoms with Crippen LogP contribution in [-0.2, 0) is 9.59 Å². The summed E-state index contributed by atoms with van der Waals surface area (Å²) in [5.74, 6) is -1.52. The zero-order chi connectivity index (χ0) is 13.6. The van der Waals surface area contributed by atoms with Crippen molar-refractivity contribution in [1.82, 2.24) is 5.32 Å². The van der Waals surface area contributed by atoms with Gasteiger partial charge in [0.25, 0.3) is 5.91 Å². The zero-order valence-corrected chi connectivity index (χ0v) is 9.92. The summed E-state index contributed by atoms with van der Waals surface area (Å²) in [5, 5.41) is 12.0. The number of hydrogen-bond donors (Lipinski definition) is 2. The zero-order valence-electron chi connectivity index (χ0n) is 9.92. The number of aromatic hydroxyl groups is 1. The van der Waals surface area contributed by atoms with Gasteiger partial charge in [0.2, 0.25) is 0 Å². The molecule has 2 aliphatic rings. The number of benzene rings is 1. The minimum absolute atomic E-state index is 0.0250. The van der Waals surface area contributed by atoms with E-state index in [0.717, 1.165) is 0 Å². The van der Waals surface area contributed by atoms with E-state index < -0.39 is 5.91 Å². The van der Waals surface area contributed by atoms with Crippen LogP contribution >= 0.6 is 0 Å². The number of phenols is 1. The molecule has 5 nitrogen and oxygen atoms in total. The van der Waals surface area contributed by atoms with E-state index in [1.807, 2.05) is 0 Å². The number of para-hydroxylation sites is 1. The molecule has 1 saturated carbocycles. The van der Waals surface area contributed by atoms with E-state index in [9.17, 15) is 19.5 Å². The van der Waals surface area contributed by atoms with Gasteiger partial charge in [-0.1, -0.05) is 12.1 Å². The Morgan fingerprint density at radius 2 is 1.95 bits per heavy atom. The van der Waals surface area contributed by atoms with Crippen LogP contribution in [0.15, 0.2) is 36.0 Å².